The average molecular weight is 440 g/mol. The molecule has 0 radical (unpaired) electrons. The van der Waals surface area contributed by atoms with Crippen LogP contribution in [-0.2, 0) is 9.59 Å². The molecule has 2 aromatic rings. The van der Waals surface area contributed by atoms with Gasteiger partial charge in [0.2, 0.25) is 5.91 Å². The molecule has 1 aliphatic heterocycles. The lowest BCUT2D eigenvalue weighted by Crippen LogP contribution is -2.43. The number of nitrogens with zero attached hydrogens (tertiary/aromatic N) is 1. The molecule has 2 N–H and O–H groups in total. The number of carbonyl (C=O) groups is 3. The maximum Gasteiger partial charge on any atom is 0.269 e. The third kappa shape index (κ3) is 5.34. The lowest BCUT2D eigenvalue weighted by molar-refractivity contribution is -0.124. The Kier molecular flexibility index (Phi) is 7.02. The summed E-state index contributed by atoms with van der Waals surface area (Å²) < 4.78 is 0.412. The molecule has 6 nitrogen and oxygen atoms in total. The van der Waals surface area contributed by atoms with Gasteiger partial charge in [0.25, 0.3) is 11.8 Å². The molecule has 3 rings (SSSR count). The summed E-state index contributed by atoms with van der Waals surface area (Å²) in [5.74, 6) is -1.02. The van der Waals surface area contributed by atoms with Crippen molar-refractivity contribution in [2.75, 3.05) is 6.54 Å². The highest BCUT2D eigenvalue weighted by Crippen LogP contribution is 2.32. The van der Waals surface area contributed by atoms with Gasteiger partial charge in [-0.3, -0.25) is 30.1 Å². The maximum atomic E-state index is 12.6. The molecule has 8 heteroatoms. The van der Waals surface area contributed by atoms with E-state index in [2.05, 4.69) is 10.9 Å². The molecule has 1 aliphatic rings. The van der Waals surface area contributed by atoms with Crippen molar-refractivity contribution in [2.45, 2.75) is 20.3 Å². The van der Waals surface area contributed by atoms with Gasteiger partial charge >= 0.3 is 0 Å². The summed E-state index contributed by atoms with van der Waals surface area (Å²) in [4.78, 5) is 38.8. The Labute approximate surface area is 184 Å². The fourth-order valence-corrected chi connectivity index (χ4v) is 4.11. The number of rotatable bonds is 5. The van der Waals surface area contributed by atoms with E-state index in [1.165, 1.54) is 16.7 Å². The van der Waals surface area contributed by atoms with Crippen LogP contribution in [0.3, 0.4) is 0 Å². The van der Waals surface area contributed by atoms with Crippen LogP contribution in [0, 0.1) is 13.8 Å². The van der Waals surface area contributed by atoms with Crippen LogP contribution in [-0.4, -0.2) is 33.5 Å². The van der Waals surface area contributed by atoms with Gasteiger partial charge in [-0.05, 0) is 37.1 Å². The summed E-state index contributed by atoms with van der Waals surface area (Å²) >= 11 is 6.51. The van der Waals surface area contributed by atoms with Crippen molar-refractivity contribution in [3.63, 3.8) is 0 Å². The minimum absolute atomic E-state index is 0.0122. The van der Waals surface area contributed by atoms with E-state index < -0.39 is 11.8 Å². The molecule has 0 aliphatic carbocycles. The maximum absolute atomic E-state index is 12.6. The van der Waals surface area contributed by atoms with E-state index >= 15 is 0 Å². The molecule has 0 unspecified atom stereocenters. The highest BCUT2D eigenvalue weighted by Gasteiger charge is 2.32. The predicted octanol–water partition coefficient (Wildman–Crippen LogP) is 3.36. The molecule has 1 saturated heterocycles. The van der Waals surface area contributed by atoms with Crippen LogP contribution in [0.4, 0.5) is 0 Å². The van der Waals surface area contributed by atoms with E-state index in [1.54, 1.807) is 18.2 Å². The average Bonchev–Trinajstić information content (AvgIpc) is 2.99. The van der Waals surface area contributed by atoms with Gasteiger partial charge in [0.1, 0.15) is 4.32 Å². The second kappa shape index (κ2) is 9.69. The van der Waals surface area contributed by atoms with E-state index in [-0.39, 0.29) is 18.9 Å². The zero-order valence-corrected chi connectivity index (χ0v) is 18.2. The highest BCUT2D eigenvalue weighted by atomic mass is 32.2. The third-order valence-electron chi connectivity index (χ3n) is 4.52. The summed E-state index contributed by atoms with van der Waals surface area (Å²) in [5.41, 5.74) is 8.11. The van der Waals surface area contributed by atoms with Crippen LogP contribution < -0.4 is 10.9 Å². The van der Waals surface area contributed by atoms with E-state index in [1.807, 2.05) is 50.2 Å². The number of hydrazine groups is 1. The summed E-state index contributed by atoms with van der Waals surface area (Å²) in [6.45, 7) is 3.95. The first-order chi connectivity index (χ1) is 14.3. The number of thiocarbonyl (C=S) groups is 1. The van der Waals surface area contributed by atoms with Crippen molar-refractivity contribution < 1.29 is 14.4 Å². The van der Waals surface area contributed by atoms with Gasteiger partial charge in [-0.25, -0.2) is 0 Å². The minimum atomic E-state index is -0.409. The Morgan fingerprint density at radius 2 is 1.77 bits per heavy atom. The standard InChI is InChI=1S/C22H21N3O3S2/c1-14-7-9-16(10-8-14)13-18-21(28)25(22(29)30-18)12-11-19(26)23-24-20(27)17-6-4-3-5-15(17)2/h3-10,13H,11-12H2,1-2H3,(H,23,26)(H,24,27). The lowest BCUT2D eigenvalue weighted by atomic mass is 10.1. The van der Waals surface area contributed by atoms with Crippen LogP contribution in [0.25, 0.3) is 6.08 Å². The minimum Gasteiger partial charge on any atom is -0.292 e. The Hall–Kier alpha value is -2.97. The quantitative estimate of drug-likeness (QED) is 0.424. The second-order valence-corrected chi connectivity index (χ2v) is 8.49. The SMILES string of the molecule is Cc1ccc(C=C2SC(=S)N(CCC(=O)NNC(=O)c3ccccc3C)C2=O)cc1. The number of carbonyl (C=O) groups excluding carboxylic acids is 3. The topological polar surface area (TPSA) is 78.5 Å². The van der Waals surface area contributed by atoms with Crippen molar-refractivity contribution in [3.8, 4) is 0 Å². The number of hydrogen-bond acceptors (Lipinski definition) is 5. The molecule has 0 bridgehead atoms. The third-order valence-corrected chi connectivity index (χ3v) is 5.89. The predicted molar refractivity (Wildman–Crippen MR) is 122 cm³/mol. The van der Waals surface area contributed by atoms with Crippen molar-refractivity contribution in [3.05, 3.63) is 75.7 Å². The number of amides is 3. The van der Waals surface area contributed by atoms with Crippen molar-refractivity contribution >= 4 is 52.1 Å². The fraction of sp³-hybridized carbons (Fsp3) is 0.182. The largest absolute Gasteiger partial charge is 0.292 e. The number of hydrogen-bond donors (Lipinski definition) is 2. The molecule has 0 saturated carbocycles. The van der Waals surface area contributed by atoms with Crippen LogP contribution in [0.5, 0.6) is 0 Å². The zero-order chi connectivity index (χ0) is 21.7. The van der Waals surface area contributed by atoms with Crippen LogP contribution in [0.2, 0.25) is 0 Å². The molecular weight excluding hydrogens is 418 g/mol. The highest BCUT2D eigenvalue weighted by molar-refractivity contribution is 8.26. The smallest absolute Gasteiger partial charge is 0.269 e. The Bertz CT molecular complexity index is 1030. The Morgan fingerprint density at radius 3 is 2.47 bits per heavy atom. The van der Waals surface area contributed by atoms with E-state index in [9.17, 15) is 14.4 Å². The lowest BCUT2D eigenvalue weighted by Gasteiger charge is -2.14. The molecule has 1 heterocycles. The molecule has 0 atom stereocenters. The molecule has 2 aromatic carbocycles. The number of thioether (sulfide) groups is 1. The van der Waals surface area contributed by atoms with Crippen LogP contribution in [0.15, 0.2) is 53.4 Å². The van der Waals surface area contributed by atoms with Gasteiger partial charge < -0.3 is 0 Å². The first kappa shape index (κ1) is 21.7. The van der Waals surface area contributed by atoms with E-state index in [4.69, 9.17) is 12.2 Å². The first-order valence-electron chi connectivity index (χ1n) is 9.32. The van der Waals surface area contributed by atoms with Gasteiger partial charge in [0, 0.05) is 18.5 Å². The molecule has 3 amide bonds. The van der Waals surface area contributed by atoms with Crippen molar-refractivity contribution in [1.29, 1.82) is 0 Å². The first-order valence-corrected chi connectivity index (χ1v) is 10.5. The van der Waals surface area contributed by atoms with E-state index in [0.29, 0.717) is 14.8 Å². The van der Waals surface area contributed by atoms with Crippen molar-refractivity contribution in [2.24, 2.45) is 0 Å². The number of nitrogens with one attached hydrogen (secondary N) is 2. The zero-order valence-electron chi connectivity index (χ0n) is 16.6. The van der Waals surface area contributed by atoms with Crippen LogP contribution >= 0.6 is 24.0 Å². The van der Waals surface area contributed by atoms with Gasteiger partial charge in [0.05, 0.1) is 4.91 Å². The van der Waals surface area contributed by atoms with Crippen molar-refractivity contribution in [1.82, 2.24) is 15.8 Å². The Morgan fingerprint density at radius 1 is 1.07 bits per heavy atom. The molecule has 30 heavy (non-hydrogen) atoms. The molecule has 0 spiro atoms. The summed E-state index contributed by atoms with van der Waals surface area (Å²) in [6.07, 6.45) is 1.81. The fourth-order valence-electron chi connectivity index (χ4n) is 2.80. The molecule has 0 aromatic heterocycles. The number of benzene rings is 2. The molecule has 154 valence electrons. The van der Waals surface area contributed by atoms with Gasteiger partial charge in [-0.15, -0.1) is 0 Å². The summed E-state index contributed by atoms with van der Waals surface area (Å²) in [7, 11) is 0. The molecular formula is C22H21N3O3S2. The van der Waals surface area contributed by atoms with Gasteiger partial charge in [-0.1, -0.05) is 72.0 Å². The summed E-state index contributed by atoms with van der Waals surface area (Å²) in [5, 5.41) is 0. The number of aryl methyl sites for hydroxylation is 2. The van der Waals surface area contributed by atoms with E-state index in [0.717, 1.165) is 16.7 Å². The van der Waals surface area contributed by atoms with Gasteiger partial charge in [0.15, 0.2) is 0 Å². The van der Waals surface area contributed by atoms with Crippen LogP contribution in [0.1, 0.15) is 33.5 Å². The Balaban J connectivity index is 1.52. The molecule has 1 fully saturated rings. The monoisotopic (exact) mass is 439 g/mol. The second-order valence-electron chi connectivity index (χ2n) is 6.81. The van der Waals surface area contributed by atoms with Gasteiger partial charge in [-0.2, -0.15) is 0 Å². The summed E-state index contributed by atoms with van der Waals surface area (Å²) in [6, 6.07) is 14.9. The normalized spacial score (nSPS) is 14.9.